The lowest BCUT2D eigenvalue weighted by Crippen LogP contribution is -1.92. The van der Waals surface area contributed by atoms with Crippen LogP contribution >= 0.6 is 35.7 Å². The van der Waals surface area contributed by atoms with Crippen molar-refractivity contribution in [3.63, 3.8) is 0 Å². The van der Waals surface area contributed by atoms with Crippen molar-refractivity contribution in [2.45, 2.75) is 33.8 Å². The number of thioether (sulfide) groups is 1. The smallest absolute Gasteiger partial charge is 0.0714 e. The first-order chi connectivity index (χ1) is 12.6. The zero-order valence-electron chi connectivity index (χ0n) is 14.5. The van der Waals surface area contributed by atoms with Crippen molar-refractivity contribution < 1.29 is 0 Å². The summed E-state index contributed by atoms with van der Waals surface area (Å²) in [6, 6.07) is 16.5. The van der Waals surface area contributed by atoms with E-state index in [0.717, 1.165) is 25.8 Å². The molecule has 1 N–H and O–H groups in total. The zero-order valence-corrected chi connectivity index (χ0v) is 17.0. The molecule has 0 amide bonds. The molecule has 26 heavy (non-hydrogen) atoms. The number of benzene rings is 2. The number of rotatable bonds is 4. The zero-order chi connectivity index (χ0) is 18.1. The van der Waals surface area contributed by atoms with Gasteiger partial charge >= 0.3 is 0 Å². The fourth-order valence-corrected chi connectivity index (χ4v) is 5.32. The maximum atomic E-state index is 5.78. The van der Waals surface area contributed by atoms with Gasteiger partial charge in [-0.25, -0.2) is 0 Å². The third-order valence-electron chi connectivity index (χ3n) is 4.02. The maximum Gasteiger partial charge on any atom is 0.0714 e. The van der Waals surface area contributed by atoms with Crippen LogP contribution in [0.25, 0.3) is 21.8 Å². The summed E-state index contributed by atoms with van der Waals surface area (Å²) in [7, 11) is 0. The molecule has 4 rings (SSSR count). The van der Waals surface area contributed by atoms with E-state index in [-0.39, 0.29) is 0 Å². The molecule has 5 heteroatoms. The summed E-state index contributed by atoms with van der Waals surface area (Å²) in [6.07, 6.45) is 4.01. The molecule has 130 valence electrons. The van der Waals surface area contributed by atoms with Crippen LogP contribution in [0.4, 0.5) is 0 Å². The number of H-pyrrole nitrogens is 1. The second kappa shape index (κ2) is 7.43. The minimum absolute atomic E-state index is 0.489. The van der Waals surface area contributed by atoms with E-state index >= 15 is 0 Å². The van der Waals surface area contributed by atoms with E-state index in [1.54, 1.807) is 11.8 Å². The standard InChI is InChI=1S/C21H18N2S3/c1-13(2)25-19-12-23-17-10-6-4-8-15(17)21(19)26-18-11-22-16-9-5-3-7-14(16)20(18)24/h3-13H,1-2H3,(H,22,24). The van der Waals surface area contributed by atoms with Crippen molar-refractivity contribution in [1.82, 2.24) is 9.97 Å². The molecule has 0 unspecified atom stereocenters. The minimum atomic E-state index is 0.489. The first-order valence-electron chi connectivity index (χ1n) is 8.46. The van der Waals surface area contributed by atoms with Crippen molar-refractivity contribution >= 4 is 57.5 Å². The normalized spacial score (nSPS) is 11.5. The fraction of sp³-hybridized carbons (Fsp3) is 0.143. The Balaban J connectivity index is 1.89. The van der Waals surface area contributed by atoms with Gasteiger partial charge in [-0.15, -0.1) is 11.8 Å². The molecule has 2 nitrogen and oxygen atoms in total. The fourth-order valence-electron chi connectivity index (χ4n) is 2.88. The van der Waals surface area contributed by atoms with Gasteiger partial charge in [-0.2, -0.15) is 0 Å². The number of aromatic nitrogens is 2. The highest BCUT2D eigenvalue weighted by Gasteiger charge is 2.14. The average molecular weight is 395 g/mol. The molecule has 0 fully saturated rings. The number of hydrogen-bond acceptors (Lipinski definition) is 4. The molecule has 0 spiro atoms. The van der Waals surface area contributed by atoms with Gasteiger partial charge in [0.05, 0.1) is 10.0 Å². The van der Waals surface area contributed by atoms with Gasteiger partial charge < -0.3 is 4.98 Å². The minimum Gasteiger partial charge on any atom is -0.360 e. The summed E-state index contributed by atoms with van der Waals surface area (Å²) in [6.45, 7) is 4.41. The summed E-state index contributed by atoms with van der Waals surface area (Å²) < 4.78 is 0.894. The lowest BCUT2D eigenvalue weighted by atomic mass is 10.2. The molecule has 0 bridgehead atoms. The number of aromatic amines is 1. The van der Waals surface area contributed by atoms with Crippen LogP contribution in [0.5, 0.6) is 0 Å². The van der Waals surface area contributed by atoms with Crippen LogP contribution in [-0.2, 0) is 0 Å². The Morgan fingerprint density at radius 1 is 0.962 bits per heavy atom. The summed E-state index contributed by atoms with van der Waals surface area (Å²) in [4.78, 5) is 11.5. The first-order valence-corrected chi connectivity index (χ1v) is 10.6. The van der Waals surface area contributed by atoms with Gasteiger partial charge in [-0.1, -0.05) is 74.2 Å². The summed E-state index contributed by atoms with van der Waals surface area (Å²) in [5.74, 6) is 0. The Hall–Kier alpha value is -1.82. The van der Waals surface area contributed by atoms with Gasteiger partial charge in [0.1, 0.15) is 0 Å². The lowest BCUT2D eigenvalue weighted by Gasteiger charge is -2.14. The van der Waals surface area contributed by atoms with E-state index in [4.69, 9.17) is 12.2 Å². The molecule has 2 aromatic carbocycles. The molecule has 2 aromatic heterocycles. The van der Waals surface area contributed by atoms with Crippen LogP contribution in [0.15, 0.2) is 75.6 Å². The summed E-state index contributed by atoms with van der Waals surface area (Å²) >= 11 is 9.36. The largest absolute Gasteiger partial charge is 0.360 e. The van der Waals surface area contributed by atoms with Crippen LogP contribution in [-0.4, -0.2) is 15.2 Å². The monoisotopic (exact) mass is 394 g/mol. The number of nitrogens with one attached hydrogen (secondary N) is 1. The van der Waals surface area contributed by atoms with Gasteiger partial charge in [0, 0.05) is 48.6 Å². The molecule has 0 aliphatic carbocycles. The second-order valence-electron chi connectivity index (χ2n) is 6.27. The van der Waals surface area contributed by atoms with Crippen molar-refractivity contribution in [2.75, 3.05) is 0 Å². The topological polar surface area (TPSA) is 28.7 Å². The number of para-hydroxylation sites is 2. The molecule has 0 atom stereocenters. The van der Waals surface area contributed by atoms with Gasteiger partial charge in [0.25, 0.3) is 0 Å². The predicted octanol–water partition coefficient (Wildman–Crippen LogP) is 7.10. The molecule has 2 heterocycles. The van der Waals surface area contributed by atoms with Crippen molar-refractivity contribution in [3.8, 4) is 0 Å². The SMILES string of the molecule is CC(C)Sc1cnc2ccccc2c1Sc1c[nH]c2ccccc2c1=S. The Labute approximate surface area is 166 Å². The number of hydrogen-bond donors (Lipinski definition) is 1. The molecule has 0 saturated carbocycles. The highest BCUT2D eigenvalue weighted by molar-refractivity contribution is 8.02. The van der Waals surface area contributed by atoms with Gasteiger partial charge in [0.15, 0.2) is 0 Å². The first kappa shape index (κ1) is 17.6. The van der Waals surface area contributed by atoms with Crippen molar-refractivity contribution in [2.24, 2.45) is 0 Å². The molecular weight excluding hydrogens is 376 g/mol. The Kier molecular flexibility index (Phi) is 5.02. The lowest BCUT2D eigenvalue weighted by molar-refractivity contribution is 1.09. The molecule has 0 aliphatic heterocycles. The summed E-state index contributed by atoms with van der Waals surface area (Å²) in [5, 5.41) is 2.75. The molecule has 0 aliphatic rings. The predicted molar refractivity (Wildman–Crippen MR) is 116 cm³/mol. The van der Waals surface area contributed by atoms with Crippen LogP contribution in [0, 0.1) is 4.51 Å². The van der Waals surface area contributed by atoms with E-state index in [1.807, 2.05) is 42.4 Å². The Morgan fingerprint density at radius 3 is 2.50 bits per heavy atom. The Morgan fingerprint density at radius 2 is 1.69 bits per heavy atom. The third-order valence-corrected chi connectivity index (χ3v) is 6.94. The molecule has 0 saturated heterocycles. The van der Waals surface area contributed by atoms with Gasteiger partial charge in [0.2, 0.25) is 0 Å². The second-order valence-corrected chi connectivity index (χ2v) is 9.34. The van der Waals surface area contributed by atoms with Crippen LogP contribution in [0.3, 0.4) is 0 Å². The highest BCUT2D eigenvalue weighted by Crippen LogP contribution is 2.41. The summed E-state index contributed by atoms with van der Waals surface area (Å²) in [5.41, 5.74) is 2.08. The van der Waals surface area contributed by atoms with Crippen LogP contribution < -0.4 is 0 Å². The van der Waals surface area contributed by atoms with Gasteiger partial charge in [-0.05, 0) is 12.1 Å². The quantitative estimate of drug-likeness (QED) is 0.295. The number of fused-ring (bicyclic) bond motifs is 2. The molecule has 4 aromatic rings. The van der Waals surface area contributed by atoms with E-state index in [9.17, 15) is 0 Å². The maximum absolute atomic E-state index is 5.78. The number of pyridine rings is 2. The van der Waals surface area contributed by atoms with Crippen molar-refractivity contribution in [1.29, 1.82) is 0 Å². The van der Waals surface area contributed by atoms with E-state index in [2.05, 4.69) is 54.1 Å². The van der Waals surface area contributed by atoms with E-state index in [1.165, 1.54) is 15.2 Å². The molecular formula is C21H18N2S3. The van der Waals surface area contributed by atoms with Crippen LogP contribution in [0.2, 0.25) is 0 Å². The highest BCUT2D eigenvalue weighted by atomic mass is 32.2. The van der Waals surface area contributed by atoms with E-state index < -0.39 is 0 Å². The van der Waals surface area contributed by atoms with E-state index in [0.29, 0.717) is 5.25 Å². The van der Waals surface area contributed by atoms with Crippen molar-refractivity contribution in [3.05, 3.63) is 65.4 Å². The van der Waals surface area contributed by atoms with Gasteiger partial charge in [-0.3, -0.25) is 4.98 Å². The molecule has 0 radical (unpaired) electrons. The average Bonchev–Trinajstić information content (AvgIpc) is 2.65. The van der Waals surface area contributed by atoms with Crippen LogP contribution in [0.1, 0.15) is 13.8 Å². The number of nitrogens with zero attached hydrogens (tertiary/aromatic N) is 1. The Bertz CT molecular complexity index is 1150. The third kappa shape index (κ3) is 3.39.